The highest BCUT2D eigenvalue weighted by molar-refractivity contribution is 5.76. The predicted octanol–water partition coefficient (Wildman–Crippen LogP) is -2.37. The largest absolute Gasteiger partial charge is 0.394 e. The normalized spacial score (nSPS) is 36.2. The summed E-state index contributed by atoms with van der Waals surface area (Å²) in [4.78, 5) is 12.4. The summed E-state index contributed by atoms with van der Waals surface area (Å²) in [5.74, 6) is -0.247. The van der Waals surface area contributed by atoms with Crippen molar-refractivity contribution in [2.45, 2.75) is 139 Å². The van der Waals surface area contributed by atoms with Gasteiger partial charge in [0.1, 0.15) is 48.8 Å². The van der Waals surface area contributed by atoms with Crippen LogP contribution in [0.15, 0.2) is 0 Å². The number of aliphatic hydroxyl groups excluding tert-OH is 8. The molecule has 12 unspecified atom stereocenters. The second kappa shape index (κ2) is 17.8. The number of rotatable bonds is 17. The quantitative estimate of drug-likeness (QED) is 0.0817. The predicted molar refractivity (Wildman–Crippen MR) is 139 cm³/mol. The molecule has 2 aliphatic rings. The first-order valence-electron chi connectivity index (χ1n) is 14.3. The zero-order valence-corrected chi connectivity index (χ0v) is 23.3. The van der Waals surface area contributed by atoms with E-state index in [0.717, 1.165) is 32.1 Å². The van der Waals surface area contributed by atoms with Gasteiger partial charge in [0.05, 0.1) is 32.0 Å². The third-order valence-corrected chi connectivity index (χ3v) is 7.32. The molecule has 2 aliphatic heterocycles. The van der Waals surface area contributed by atoms with Crippen molar-refractivity contribution >= 4 is 5.91 Å². The molecule has 14 nitrogen and oxygen atoms in total. The molecular formula is C26H49NO13. The molecule has 0 bridgehead atoms. The number of hydrogen-bond acceptors (Lipinski definition) is 13. The average Bonchev–Trinajstić information content (AvgIpc) is 2.94. The van der Waals surface area contributed by atoms with Gasteiger partial charge >= 0.3 is 0 Å². The van der Waals surface area contributed by atoms with Gasteiger partial charge in [0.2, 0.25) is 5.91 Å². The van der Waals surface area contributed by atoms with Gasteiger partial charge in [-0.15, -0.1) is 0 Å². The summed E-state index contributed by atoms with van der Waals surface area (Å²) < 4.78 is 22.1. The zero-order valence-electron chi connectivity index (χ0n) is 23.3. The van der Waals surface area contributed by atoms with Crippen molar-refractivity contribution in [3.05, 3.63) is 0 Å². The highest BCUT2D eigenvalue weighted by Gasteiger charge is 2.50. The van der Waals surface area contributed by atoms with Crippen molar-refractivity contribution in [1.82, 2.24) is 5.32 Å². The van der Waals surface area contributed by atoms with E-state index >= 15 is 0 Å². The summed E-state index contributed by atoms with van der Waals surface area (Å²) in [6, 6.07) is -0.811. The first-order chi connectivity index (χ1) is 19.1. The van der Waals surface area contributed by atoms with E-state index in [1.807, 2.05) is 13.8 Å². The molecule has 12 atom stereocenters. The molecule has 0 aromatic rings. The minimum Gasteiger partial charge on any atom is -0.394 e. The number of ether oxygens (including phenoxy) is 4. The fourth-order valence-corrected chi connectivity index (χ4v) is 4.76. The summed E-state index contributed by atoms with van der Waals surface area (Å²) in [6.07, 6.45) is -10.8. The van der Waals surface area contributed by atoms with Crippen molar-refractivity contribution in [2.75, 3.05) is 19.8 Å². The smallest absolute Gasteiger partial charge is 0.220 e. The van der Waals surface area contributed by atoms with E-state index in [4.69, 9.17) is 18.9 Å². The van der Waals surface area contributed by atoms with Gasteiger partial charge in [-0.25, -0.2) is 0 Å². The number of carbonyl (C=O) groups is 1. The van der Waals surface area contributed by atoms with Crippen LogP contribution in [0.1, 0.15) is 65.2 Å². The number of amides is 1. The monoisotopic (exact) mass is 583 g/mol. The summed E-state index contributed by atoms with van der Waals surface area (Å²) in [5.41, 5.74) is 0. The molecule has 0 radical (unpaired) electrons. The van der Waals surface area contributed by atoms with Gasteiger partial charge < -0.3 is 65.1 Å². The molecule has 0 saturated carbocycles. The van der Waals surface area contributed by atoms with Gasteiger partial charge in [-0.3, -0.25) is 4.79 Å². The van der Waals surface area contributed by atoms with Crippen LogP contribution in [0.4, 0.5) is 0 Å². The Balaban J connectivity index is 2.05. The lowest BCUT2D eigenvalue weighted by atomic mass is 9.97. The molecule has 1 amide bonds. The van der Waals surface area contributed by atoms with Gasteiger partial charge in [0, 0.05) is 6.42 Å². The van der Waals surface area contributed by atoms with Gasteiger partial charge in [-0.1, -0.05) is 46.0 Å². The van der Waals surface area contributed by atoms with Crippen LogP contribution < -0.4 is 5.32 Å². The molecule has 236 valence electrons. The lowest BCUT2D eigenvalue weighted by molar-refractivity contribution is -0.359. The number of aliphatic hydroxyl groups is 8. The molecule has 0 aromatic heterocycles. The van der Waals surface area contributed by atoms with E-state index in [0.29, 0.717) is 12.8 Å². The first-order valence-corrected chi connectivity index (χ1v) is 14.3. The topological polar surface area (TPSA) is 228 Å². The van der Waals surface area contributed by atoms with E-state index < -0.39 is 86.8 Å². The Morgan fingerprint density at radius 1 is 0.800 bits per heavy atom. The van der Waals surface area contributed by atoms with Crippen LogP contribution in [-0.4, -0.2) is 140 Å². The number of unbranched alkanes of at least 4 members (excludes halogenated alkanes) is 4. The minimum atomic E-state index is -1.77. The van der Waals surface area contributed by atoms with Crippen molar-refractivity contribution in [3.8, 4) is 0 Å². The van der Waals surface area contributed by atoms with Crippen LogP contribution in [0.2, 0.25) is 0 Å². The number of hydrogen-bond donors (Lipinski definition) is 9. The highest BCUT2D eigenvalue weighted by Crippen LogP contribution is 2.29. The maximum absolute atomic E-state index is 12.4. The molecule has 2 saturated heterocycles. The van der Waals surface area contributed by atoms with Crippen LogP contribution in [-0.2, 0) is 23.7 Å². The molecule has 2 heterocycles. The molecule has 0 spiro atoms. The van der Waals surface area contributed by atoms with Crippen LogP contribution in [0, 0.1) is 0 Å². The zero-order chi connectivity index (χ0) is 29.8. The fourth-order valence-electron chi connectivity index (χ4n) is 4.76. The van der Waals surface area contributed by atoms with E-state index in [1.165, 1.54) is 0 Å². The lowest BCUT2D eigenvalue weighted by Crippen LogP contribution is -2.65. The summed E-state index contributed by atoms with van der Waals surface area (Å²) >= 11 is 0. The first kappa shape index (κ1) is 35.2. The Morgan fingerprint density at radius 3 is 2.02 bits per heavy atom. The van der Waals surface area contributed by atoms with Gasteiger partial charge in [-0.05, 0) is 12.8 Å². The van der Waals surface area contributed by atoms with Crippen LogP contribution in [0.3, 0.4) is 0 Å². The second-order valence-corrected chi connectivity index (χ2v) is 10.5. The van der Waals surface area contributed by atoms with Crippen LogP contribution in [0.25, 0.3) is 0 Å². The Morgan fingerprint density at radius 2 is 1.40 bits per heavy atom. The Bertz CT molecular complexity index is 714. The highest BCUT2D eigenvalue weighted by atomic mass is 16.7. The molecule has 0 aromatic carbocycles. The standard InChI is InChI=1S/C26H49NO13/c1-3-5-7-9-15(30)14(27-18(31)10-8-6-4-2)13-37-25-23(36)21(34)24(17(12-29)39-25)40-26-22(35)20(33)19(32)16(11-28)38-26/h14-17,19-26,28-30,32-36H,3-13H2,1-2H3,(H,27,31). The van der Waals surface area contributed by atoms with Crippen LogP contribution in [0.5, 0.6) is 0 Å². The maximum Gasteiger partial charge on any atom is 0.220 e. The van der Waals surface area contributed by atoms with Gasteiger partial charge in [0.15, 0.2) is 12.6 Å². The third-order valence-electron chi connectivity index (χ3n) is 7.32. The molecule has 2 fully saturated rings. The van der Waals surface area contributed by atoms with E-state index in [-0.39, 0.29) is 18.9 Å². The Hall–Kier alpha value is -1.01. The average molecular weight is 584 g/mol. The summed E-state index contributed by atoms with van der Waals surface area (Å²) in [6.45, 7) is 2.40. The van der Waals surface area contributed by atoms with Crippen molar-refractivity contribution in [1.29, 1.82) is 0 Å². The van der Waals surface area contributed by atoms with E-state index in [1.54, 1.807) is 0 Å². The SMILES string of the molecule is CCCCCC(=O)NC(COC1OC(CO)C(OC2OC(CO)C(O)C(O)C2O)C(O)C1O)C(O)CCCCC. The van der Waals surface area contributed by atoms with Gasteiger partial charge in [0.25, 0.3) is 0 Å². The molecule has 40 heavy (non-hydrogen) atoms. The number of carbonyl (C=O) groups excluding carboxylic acids is 1. The second-order valence-electron chi connectivity index (χ2n) is 10.5. The third kappa shape index (κ3) is 9.78. The Labute approximate surface area is 234 Å². The van der Waals surface area contributed by atoms with Crippen molar-refractivity contribution in [2.24, 2.45) is 0 Å². The molecule has 9 N–H and O–H groups in total. The molecule has 14 heteroatoms. The lowest BCUT2D eigenvalue weighted by Gasteiger charge is -2.46. The summed E-state index contributed by atoms with van der Waals surface area (Å²) in [7, 11) is 0. The van der Waals surface area contributed by atoms with E-state index in [9.17, 15) is 45.6 Å². The molecular weight excluding hydrogens is 534 g/mol. The maximum atomic E-state index is 12.4. The molecule has 0 aliphatic carbocycles. The number of nitrogens with one attached hydrogen (secondary N) is 1. The summed E-state index contributed by atoms with van der Waals surface area (Å²) in [5, 5.41) is 84.5. The molecule has 2 rings (SSSR count). The Kier molecular flexibility index (Phi) is 15.7. The van der Waals surface area contributed by atoms with Crippen molar-refractivity contribution in [3.63, 3.8) is 0 Å². The van der Waals surface area contributed by atoms with Crippen LogP contribution >= 0.6 is 0 Å². The van der Waals surface area contributed by atoms with Crippen molar-refractivity contribution < 1.29 is 64.6 Å². The van der Waals surface area contributed by atoms with Gasteiger partial charge in [-0.2, -0.15) is 0 Å². The fraction of sp³-hybridized carbons (Fsp3) is 0.962. The minimum absolute atomic E-state index is 0.247. The van der Waals surface area contributed by atoms with E-state index in [2.05, 4.69) is 5.32 Å².